The fourth-order valence-electron chi connectivity index (χ4n) is 0. The minimum Gasteiger partial charge on any atom is -0.852 e. The summed E-state index contributed by atoms with van der Waals surface area (Å²) in [6.45, 7) is 11.1. The average molecular weight is 199 g/mol. The van der Waals surface area contributed by atoms with Crippen LogP contribution in [-0.2, 0) is 0 Å². The van der Waals surface area contributed by atoms with Crippen LogP contribution < -0.4 is 10.2 Å². The summed E-state index contributed by atoms with van der Waals surface area (Å²) in [7, 11) is 0. The molecule has 0 bridgehead atoms. The second-order valence-electron chi connectivity index (χ2n) is 3.90. The Morgan fingerprint density at radius 2 is 0.692 bits per heavy atom. The number of rotatable bonds is 2. The van der Waals surface area contributed by atoms with E-state index in [-0.39, 0.29) is 23.1 Å². The Morgan fingerprint density at radius 3 is 0.692 bits per heavy atom. The molecule has 2 unspecified atom stereocenters. The van der Waals surface area contributed by atoms with E-state index < -0.39 is 12.2 Å². The fourth-order valence-corrected chi connectivity index (χ4v) is 0. The van der Waals surface area contributed by atoms with E-state index in [0.717, 1.165) is 0 Å². The summed E-state index contributed by atoms with van der Waals surface area (Å²) < 4.78 is 0. The van der Waals surface area contributed by atoms with Gasteiger partial charge >= 0.3 is 23.1 Å². The van der Waals surface area contributed by atoms with Gasteiger partial charge in [-0.3, -0.25) is 0 Å². The van der Waals surface area contributed by atoms with Gasteiger partial charge in [0.1, 0.15) is 0 Å². The van der Waals surface area contributed by atoms with Crippen molar-refractivity contribution < 1.29 is 10.2 Å². The van der Waals surface area contributed by atoms with Gasteiger partial charge in [-0.2, -0.15) is 0 Å². The van der Waals surface area contributed by atoms with Crippen molar-refractivity contribution in [3.63, 3.8) is 0 Å². The summed E-state index contributed by atoms with van der Waals surface area (Å²) in [5, 5.41) is 20.5. The molecule has 0 aromatic heterocycles. The molecule has 13 heavy (non-hydrogen) atoms. The minimum atomic E-state index is -0.398. The van der Waals surface area contributed by atoms with E-state index in [1.54, 1.807) is 13.8 Å². The maximum Gasteiger partial charge on any atom is 2.00 e. The minimum absolute atomic E-state index is 0. The Morgan fingerprint density at radius 1 is 0.615 bits per heavy atom. The molecule has 0 aliphatic carbocycles. The first kappa shape index (κ1) is 19.3. The molecule has 0 aliphatic rings. The van der Waals surface area contributed by atoms with E-state index in [4.69, 9.17) is 0 Å². The summed E-state index contributed by atoms with van der Waals surface area (Å²) in [5.41, 5.74) is 0. The molecule has 0 aromatic carbocycles. The fraction of sp³-hybridized carbons (Fsp3) is 1.00. The molecule has 0 radical (unpaired) electrons. The topological polar surface area (TPSA) is 46.1 Å². The van der Waals surface area contributed by atoms with Crippen molar-refractivity contribution in [1.82, 2.24) is 0 Å². The molecule has 0 amide bonds. The molecule has 0 fully saturated rings. The smallest absolute Gasteiger partial charge is 0.852 e. The zero-order valence-corrected chi connectivity index (χ0v) is 11.2. The van der Waals surface area contributed by atoms with Crippen LogP contribution in [-0.4, -0.2) is 35.3 Å². The van der Waals surface area contributed by atoms with Crippen LogP contribution in [0.2, 0.25) is 0 Å². The summed E-state index contributed by atoms with van der Waals surface area (Å²) in [4.78, 5) is 0. The Balaban J connectivity index is -0.000000143. The van der Waals surface area contributed by atoms with Gasteiger partial charge in [0.05, 0.1) is 0 Å². The third kappa shape index (κ3) is 19.2. The number of hydrogen-bond donors (Lipinski definition) is 0. The largest absolute Gasteiger partial charge is 2.00 e. The van der Waals surface area contributed by atoms with Crippen LogP contribution in [0.4, 0.5) is 0 Å². The van der Waals surface area contributed by atoms with Crippen molar-refractivity contribution in [2.75, 3.05) is 0 Å². The number of hydrogen-bond acceptors (Lipinski definition) is 2. The molecule has 3 heteroatoms. The molecule has 0 N–H and O–H groups in total. The normalized spacial score (nSPS) is 14.3. The molecule has 0 saturated heterocycles. The van der Waals surface area contributed by atoms with E-state index in [2.05, 4.69) is 0 Å². The van der Waals surface area contributed by atoms with Crippen molar-refractivity contribution in [3.05, 3.63) is 0 Å². The summed E-state index contributed by atoms with van der Waals surface area (Å²) >= 11 is 0. The van der Waals surface area contributed by atoms with Gasteiger partial charge in [-0.05, 0) is 0 Å². The molecular formula is C10H22MgO2. The zero-order valence-electron chi connectivity index (χ0n) is 9.83. The zero-order chi connectivity index (χ0) is 10.3. The maximum absolute atomic E-state index is 10.2. The first-order valence-electron chi connectivity index (χ1n) is 4.60. The molecule has 2 nitrogen and oxygen atoms in total. The van der Waals surface area contributed by atoms with Crippen LogP contribution in [0.5, 0.6) is 0 Å². The Kier molecular flexibility index (Phi) is 16.0. The molecule has 2 atom stereocenters. The summed E-state index contributed by atoms with van der Waals surface area (Å²) in [6.07, 6.45) is -0.796. The standard InChI is InChI=1S/2C5H11O.Mg/c2*1-4(2)5(3)6;/h2*4-5H,1-3H3;/q2*-1;+2. The quantitative estimate of drug-likeness (QED) is 0.603. The van der Waals surface area contributed by atoms with Crippen molar-refractivity contribution in [3.8, 4) is 0 Å². The predicted molar refractivity (Wildman–Crippen MR) is 54.4 cm³/mol. The van der Waals surface area contributed by atoms with Gasteiger partial charge in [0, 0.05) is 0 Å². The summed E-state index contributed by atoms with van der Waals surface area (Å²) in [6, 6.07) is 0. The predicted octanol–water partition coefficient (Wildman–Crippen LogP) is 0.402. The third-order valence-electron chi connectivity index (χ3n) is 1.88. The Bertz CT molecular complexity index is 66.9. The molecular weight excluding hydrogens is 176 g/mol. The SMILES string of the molecule is CC(C)C(C)[O-].CC(C)C(C)[O-].[Mg+2]. The second-order valence-corrected chi connectivity index (χ2v) is 3.90. The van der Waals surface area contributed by atoms with E-state index in [1.807, 2.05) is 27.7 Å². The Labute approximate surface area is 98.9 Å². The van der Waals surface area contributed by atoms with Gasteiger partial charge in [0.2, 0.25) is 0 Å². The van der Waals surface area contributed by atoms with E-state index in [1.165, 1.54) is 0 Å². The van der Waals surface area contributed by atoms with Crippen molar-refractivity contribution in [1.29, 1.82) is 0 Å². The second kappa shape index (κ2) is 10.8. The molecule has 0 aliphatic heterocycles. The first-order chi connectivity index (χ1) is 5.29. The van der Waals surface area contributed by atoms with Gasteiger partial charge in [0.15, 0.2) is 0 Å². The van der Waals surface area contributed by atoms with Crippen LogP contribution >= 0.6 is 0 Å². The van der Waals surface area contributed by atoms with Crippen LogP contribution in [0.3, 0.4) is 0 Å². The third-order valence-corrected chi connectivity index (χ3v) is 1.88. The van der Waals surface area contributed by atoms with Crippen LogP contribution in [0.15, 0.2) is 0 Å². The van der Waals surface area contributed by atoms with Crippen molar-refractivity contribution in [2.45, 2.75) is 53.8 Å². The van der Waals surface area contributed by atoms with Gasteiger partial charge in [-0.15, -0.1) is 12.2 Å². The van der Waals surface area contributed by atoms with Crippen molar-refractivity contribution >= 4 is 23.1 Å². The maximum atomic E-state index is 10.2. The van der Waals surface area contributed by atoms with Gasteiger partial charge in [-0.25, -0.2) is 0 Å². The van der Waals surface area contributed by atoms with Gasteiger partial charge < -0.3 is 10.2 Å². The van der Waals surface area contributed by atoms with Gasteiger partial charge in [0.25, 0.3) is 0 Å². The average Bonchev–Trinajstić information content (AvgIpc) is 1.88. The van der Waals surface area contributed by atoms with E-state index in [9.17, 15) is 10.2 Å². The van der Waals surface area contributed by atoms with Crippen LogP contribution in [0.1, 0.15) is 41.5 Å². The van der Waals surface area contributed by atoms with Gasteiger partial charge in [-0.1, -0.05) is 53.4 Å². The molecule has 0 heterocycles. The van der Waals surface area contributed by atoms with E-state index >= 15 is 0 Å². The Hall–Kier alpha value is 0.686. The van der Waals surface area contributed by atoms with Crippen molar-refractivity contribution in [2.24, 2.45) is 11.8 Å². The summed E-state index contributed by atoms with van der Waals surface area (Å²) in [5.74, 6) is 0.593. The van der Waals surface area contributed by atoms with Crippen LogP contribution in [0.25, 0.3) is 0 Å². The molecule has 0 spiro atoms. The molecule has 0 saturated carbocycles. The van der Waals surface area contributed by atoms with Crippen LogP contribution in [0, 0.1) is 11.8 Å². The monoisotopic (exact) mass is 198 g/mol. The molecule has 76 valence electrons. The molecule has 0 aromatic rings. The molecule has 0 rings (SSSR count). The first-order valence-corrected chi connectivity index (χ1v) is 4.60. The van der Waals surface area contributed by atoms with E-state index in [0.29, 0.717) is 11.8 Å².